The van der Waals surface area contributed by atoms with Crippen LogP contribution in [-0.2, 0) is 18.8 Å². The van der Waals surface area contributed by atoms with E-state index in [1.54, 1.807) is 0 Å². The summed E-state index contributed by atoms with van der Waals surface area (Å²) in [4.78, 5) is 0. The van der Waals surface area contributed by atoms with E-state index >= 15 is 0 Å². The second kappa shape index (κ2) is 4.28. The zero-order valence-corrected chi connectivity index (χ0v) is 10.1. The molecular formula is C12H11F6NO. The Morgan fingerprint density at radius 1 is 1.00 bits per heavy atom. The Kier molecular flexibility index (Phi) is 3.20. The molecule has 2 rings (SSSR count). The lowest BCUT2D eigenvalue weighted by molar-refractivity contribution is -0.390. The van der Waals surface area contributed by atoms with Crippen LogP contribution in [0.5, 0.6) is 0 Å². The fraction of sp³-hybridized carbons (Fsp3) is 0.500. The first-order valence-electron chi connectivity index (χ1n) is 5.76. The van der Waals surface area contributed by atoms with Gasteiger partial charge in [-0.25, -0.2) is 0 Å². The van der Waals surface area contributed by atoms with Crippen molar-refractivity contribution in [1.82, 2.24) is 0 Å². The molecule has 0 heterocycles. The summed E-state index contributed by atoms with van der Waals surface area (Å²) in [5.41, 5.74) is 4.44. The number of hydrogen-bond acceptors (Lipinski definition) is 2. The molecule has 8 heteroatoms. The molecule has 20 heavy (non-hydrogen) atoms. The summed E-state index contributed by atoms with van der Waals surface area (Å²) < 4.78 is 77.5. The number of hydrogen-bond donors (Lipinski definition) is 2. The molecule has 2 nitrogen and oxygen atoms in total. The molecule has 1 unspecified atom stereocenters. The normalized spacial score (nSPS) is 18.8. The summed E-state index contributed by atoms with van der Waals surface area (Å²) in [5, 5.41) is 8.61. The standard InChI is InChI=1S/C12H11F6NO/c13-10(14,11(15,20)12(16,17)18)8-5-4-6-2-1-3-7(6)9(8)19/h4-5,20H,1-3,19H2. The molecule has 3 N–H and O–H groups in total. The van der Waals surface area contributed by atoms with Gasteiger partial charge >= 0.3 is 18.0 Å². The second-order valence-electron chi connectivity index (χ2n) is 4.71. The minimum atomic E-state index is -6.14. The lowest BCUT2D eigenvalue weighted by Crippen LogP contribution is -2.53. The fourth-order valence-corrected chi connectivity index (χ4v) is 2.33. The quantitative estimate of drug-likeness (QED) is 0.651. The third-order valence-electron chi connectivity index (χ3n) is 3.46. The van der Waals surface area contributed by atoms with E-state index < -0.39 is 29.2 Å². The van der Waals surface area contributed by atoms with Crippen LogP contribution in [0, 0.1) is 0 Å². The average Bonchev–Trinajstić information content (AvgIpc) is 2.76. The van der Waals surface area contributed by atoms with E-state index in [9.17, 15) is 26.3 Å². The van der Waals surface area contributed by atoms with E-state index in [0.29, 0.717) is 36.5 Å². The number of aryl methyl sites for hydroxylation is 1. The molecule has 0 saturated heterocycles. The molecule has 1 aromatic rings. The molecule has 1 atom stereocenters. The lowest BCUT2D eigenvalue weighted by atomic mass is 9.94. The number of halogens is 6. The van der Waals surface area contributed by atoms with Crippen LogP contribution in [0.3, 0.4) is 0 Å². The third-order valence-corrected chi connectivity index (χ3v) is 3.46. The Morgan fingerprint density at radius 3 is 2.15 bits per heavy atom. The van der Waals surface area contributed by atoms with E-state index in [1.807, 2.05) is 0 Å². The van der Waals surface area contributed by atoms with Crippen molar-refractivity contribution in [3.8, 4) is 0 Å². The Balaban J connectivity index is 2.56. The minimum Gasteiger partial charge on any atom is -0.398 e. The molecule has 112 valence electrons. The molecule has 0 fully saturated rings. The van der Waals surface area contributed by atoms with Crippen LogP contribution >= 0.6 is 0 Å². The topological polar surface area (TPSA) is 46.2 Å². The second-order valence-corrected chi connectivity index (χ2v) is 4.71. The van der Waals surface area contributed by atoms with Crippen LogP contribution in [0.2, 0.25) is 0 Å². The first-order valence-corrected chi connectivity index (χ1v) is 5.76. The highest BCUT2D eigenvalue weighted by atomic mass is 19.4. The summed E-state index contributed by atoms with van der Waals surface area (Å²) in [6.07, 6.45) is -4.60. The zero-order valence-electron chi connectivity index (χ0n) is 10.1. The largest absolute Gasteiger partial charge is 0.455 e. The molecule has 0 aromatic heterocycles. The predicted octanol–water partition coefficient (Wildman–Crippen LogP) is 3.07. The maximum Gasteiger partial charge on any atom is 0.455 e. The van der Waals surface area contributed by atoms with Crippen molar-refractivity contribution in [2.24, 2.45) is 0 Å². The van der Waals surface area contributed by atoms with E-state index in [4.69, 9.17) is 10.8 Å². The van der Waals surface area contributed by atoms with Gasteiger partial charge < -0.3 is 10.8 Å². The van der Waals surface area contributed by atoms with Gasteiger partial charge in [-0.2, -0.15) is 26.3 Å². The van der Waals surface area contributed by atoms with Crippen LogP contribution in [0.1, 0.15) is 23.1 Å². The van der Waals surface area contributed by atoms with Crippen molar-refractivity contribution < 1.29 is 31.4 Å². The van der Waals surface area contributed by atoms with Gasteiger partial charge in [-0.15, -0.1) is 0 Å². The molecule has 1 aromatic carbocycles. The van der Waals surface area contributed by atoms with Gasteiger partial charge in [0.25, 0.3) is 0 Å². The molecule has 1 aliphatic carbocycles. The highest BCUT2D eigenvalue weighted by Crippen LogP contribution is 2.51. The minimum absolute atomic E-state index is 0.292. The Bertz CT molecular complexity index is 537. The van der Waals surface area contributed by atoms with Gasteiger partial charge in [-0.3, -0.25) is 0 Å². The number of fused-ring (bicyclic) bond motifs is 1. The van der Waals surface area contributed by atoms with Gasteiger partial charge in [-0.05, 0) is 30.4 Å². The molecule has 0 radical (unpaired) electrons. The molecule has 0 bridgehead atoms. The first kappa shape index (κ1) is 15.0. The molecular weight excluding hydrogens is 288 g/mol. The highest BCUT2D eigenvalue weighted by Gasteiger charge is 2.72. The van der Waals surface area contributed by atoms with Crippen molar-refractivity contribution in [3.05, 3.63) is 28.8 Å². The summed E-state index contributed by atoms with van der Waals surface area (Å²) >= 11 is 0. The summed E-state index contributed by atoms with van der Waals surface area (Å²) in [7, 11) is 0. The number of anilines is 1. The Labute approximate surface area is 110 Å². The Hall–Kier alpha value is -1.44. The zero-order chi connectivity index (χ0) is 15.3. The van der Waals surface area contributed by atoms with Crippen LogP contribution < -0.4 is 5.73 Å². The SMILES string of the molecule is Nc1c(C(F)(F)C(O)(F)C(F)(F)F)ccc2c1CCC2. The number of nitrogen functional groups attached to an aromatic ring is 1. The smallest absolute Gasteiger partial charge is 0.398 e. The van der Waals surface area contributed by atoms with Crippen molar-refractivity contribution >= 4 is 5.69 Å². The number of aliphatic hydroxyl groups is 1. The van der Waals surface area contributed by atoms with E-state index in [-0.39, 0.29) is 0 Å². The van der Waals surface area contributed by atoms with Crippen molar-refractivity contribution in [2.75, 3.05) is 5.73 Å². The molecule has 0 aliphatic heterocycles. The maximum atomic E-state index is 13.7. The van der Waals surface area contributed by atoms with Gasteiger partial charge in [0.15, 0.2) is 0 Å². The summed E-state index contributed by atoms with van der Waals surface area (Å²) in [5.74, 6) is -10.9. The average molecular weight is 299 g/mol. The first-order chi connectivity index (χ1) is 9.00. The highest BCUT2D eigenvalue weighted by molar-refractivity contribution is 5.60. The van der Waals surface area contributed by atoms with E-state index in [2.05, 4.69) is 0 Å². The van der Waals surface area contributed by atoms with Crippen LogP contribution in [0.15, 0.2) is 12.1 Å². The molecule has 0 saturated carbocycles. The number of nitrogens with two attached hydrogens (primary N) is 1. The fourth-order valence-electron chi connectivity index (χ4n) is 2.33. The number of benzene rings is 1. The predicted molar refractivity (Wildman–Crippen MR) is 58.9 cm³/mol. The van der Waals surface area contributed by atoms with Crippen molar-refractivity contribution in [3.63, 3.8) is 0 Å². The van der Waals surface area contributed by atoms with Crippen molar-refractivity contribution in [1.29, 1.82) is 0 Å². The molecule has 0 amide bonds. The van der Waals surface area contributed by atoms with Gasteiger partial charge in [0.2, 0.25) is 0 Å². The summed E-state index contributed by atoms with van der Waals surface area (Å²) in [6, 6.07) is 1.82. The summed E-state index contributed by atoms with van der Waals surface area (Å²) in [6.45, 7) is 0. The van der Waals surface area contributed by atoms with E-state index in [1.165, 1.54) is 6.07 Å². The van der Waals surface area contributed by atoms with Gasteiger partial charge in [0.05, 0.1) is 5.56 Å². The van der Waals surface area contributed by atoms with Gasteiger partial charge in [0, 0.05) is 5.69 Å². The van der Waals surface area contributed by atoms with Crippen LogP contribution in [0.4, 0.5) is 32.0 Å². The van der Waals surface area contributed by atoms with Crippen LogP contribution in [0.25, 0.3) is 0 Å². The maximum absolute atomic E-state index is 13.7. The number of alkyl halides is 6. The third kappa shape index (κ3) is 1.93. The van der Waals surface area contributed by atoms with E-state index in [0.717, 1.165) is 0 Å². The molecule has 1 aliphatic rings. The Morgan fingerprint density at radius 2 is 1.60 bits per heavy atom. The number of rotatable bonds is 2. The van der Waals surface area contributed by atoms with Crippen molar-refractivity contribution in [2.45, 2.75) is 37.2 Å². The van der Waals surface area contributed by atoms with Gasteiger partial charge in [-0.1, -0.05) is 12.1 Å². The lowest BCUT2D eigenvalue weighted by Gasteiger charge is -2.31. The van der Waals surface area contributed by atoms with Crippen LogP contribution in [-0.4, -0.2) is 17.1 Å². The van der Waals surface area contributed by atoms with Gasteiger partial charge in [0.1, 0.15) is 0 Å². The monoisotopic (exact) mass is 299 g/mol. The molecule has 0 spiro atoms.